The zero-order valence-corrected chi connectivity index (χ0v) is 37.5. The van der Waals surface area contributed by atoms with E-state index in [9.17, 15) is 0 Å². The molecule has 0 atom stereocenters. The molecule has 0 spiro atoms. The Labute approximate surface area is 392 Å². The predicted octanol–water partition coefficient (Wildman–Crippen LogP) is 18.2. The SMILES string of the molecule is CC1(C)c2ccccc2Oc2c(-c3ccc(N(c4ccc(-c5ccc(-c6cccc7ccccc67)cc5)cc4)c4ccc(-c5ccc(-c6cccc7ccccc67)cc5)cc4)cc3)cccc21. The summed E-state index contributed by atoms with van der Waals surface area (Å²) in [5.41, 5.74) is 17.3. The van der Waals surface area contributed by atoms with Crippen LogP contribution < -0.4 is 9.64 Å². The van der Waals surface area contributed by atoms with E-state index >= 15 is 0 Å². The summed E-state index contributed by atoms with van der Waals surface area (Å²) in [6, 6.07) is 90.0. The Bertz CT molecular complexity index is 3410. The van der Waals surface area contributed by atoms with Crippen molar-refractivity contribution in [3.05, 3.63) is 260 Å². The molecule has 1 aliphatic heterocycles. The molecule has 2 nitrogen and oxygen atoms in total. The van der Waals surface area contributed by atoms with Crippen LogP contribution in [0.15, 0.2) is 249 Å². The highest BCUT2D eigenvalue weighted by Gasteiger charge is 2.35. The van der Waals surface area contributed by atoms with E-state index in [1.807, 2.05) is 0 Å². The van der Waals surface area contributed by atoms with Crippen molar-refractivity contribution in [2.75, 3.05) is 4.90 Å². The van der Waals surface area contributed by atoms with Crippen molar-refractivity contribution in [1.82, 2.24) is 0 Å². The van der Waals surface area contributed by atoms with Gasteiger partial charge in [-0.3, -0.25) is 0 Å². The van der Waals surface area contributed by atoms with Crippen molar-refractivity contribution in [1.29, 1.82) is 0 Å². The lowest BCUT2D eigenvalue weighted by Gasteiger charge is -2.35. The number of fused-ring (bicyclic) bond motifs is 4. The number of hydrogen-bond acceptors (Lipinski definition) is 2. The van der Waals surface area contributed by atoms with Gasteiger partial charge < -0.3 is 9.64 Å². The molecule has 0 amide bonds. The van der Waals surface area contributed by atoms with Crippen LogP contribution in [0.5, 0.6) is 11.5 Å². The third-order valence-electron chi connectivity index (χ3n) is 13.8. The summed E-state index contributed by atoms with van der Waals surface area (Å²) in [6.07, 6.45) is 0. The largest absolute Gasteiger partial charge is 0.456 e. The summed E-state index contributed by atoms with van der Waals surface area (Å²) >= 11 is 0. The Kier molecular flexibility index (Phi) is 9.88. The minimum Gasteiger partial charge on any atom is -0.456 e. The average Bonchev–Trinajstić information content (AvgIpc) is 3.39. The van der Waals surface area contributed by atoms with Crippen LogP contribution in [0.4, 0.5) is 17.1 Å². The molecule has 11 aromatic carbocycles. The molecule has 0 bridgehead atoms. The van der Waals surface area contributed by atoms with Crippen molar-refractivity contribution < 1.29 is 4.74 Å². The van der Waals surface area contributed by atoms with Crippen molar-refractivity contribution in [2.45, 2.75) is 19.3 Å². The van der Waals surface area contributed by atoms with E-state index in [1.54, 1.807) is 0 Å². The van der Waals surface area contributed by atoms with Gasteiger partial charge in [0.15, 0.2) is 0 Å². The first-order chi connectivity index (χ1) is 33.0. The number of para-hydroxylation sites is 2. The minimum absolute atomic E-state index is 0.188. The van der Waals surface area contributed by atoms with Gasteiger partial charge in [0.25, 0.3) is 0 Å². The van der Waals surface area contributed by atoms with Gasteiger partial charge in [-0.1, -0.05) is 220 Å². The third-order valence-corrected chi connectivity index (χ3v) is 13.8. The second kappa shape index (κ2) is 16.5. The maximum absolute atomic E-state index is 6.69. The monoisotopic (exact) mass is 857 g/mol. The normalized spacial score (nSPS) is 12.6. The van der Waals surface area contributed by atoms with E-state index in [0.717, 1.165) is 39.7 Å². The molecule has 0 aromatic heterocycles. The summed E-state index contributed by atoms with van der Waals surface area (Å²) < 4.78 is 6.69. The molecule has 0 fully saturated rings. The lowest BCUT2D eigenvalue weighted by Crippen LogP contribution is -2.24. The molecule has 1 heterocycles. The van der Waals surface area contributed by atoms with E-state index in [-0.39, 0.29) is 5.41 Å². The van der Waals surface area contributed by atoms with Crippen molar-refractivity contribution >= 4 is 38.6 Å². The predicted molar refractivity (Wildman–Crippen MR) is 282 cm³/mol. The van der Waals surface area contributed by atoms with Gasteiger partial charge in [-0.25, -0.2) is 0 Å². The molecular weight excluding hydrogens is 811 g/mol. The molecule has 0 radical (unpaired) electrons. The van der Waals surface area contributed by atoms with Gasteiger partial charge in [0.1, 0.15) is 11.5 Å². The van der Waals surface area contributed by atoms with E-state index in [4.69, 9.17) is 4.74 Å². The number of hydrogen-bond donors (Lipinski definition) is 0. The highest BCUT2D eigenvalue weighted by atomic mass is 16.5. The fourth-order valence-electron chi connectivity index (χ4n) is 10.2. The highest BCUT2D eigenvalue weighted by molar-refractivity contribution is 5.98. The van der Waals surface area contributed by atoms with Gasteiger partial charge in [0, 0.05) is 39.2 Å². The number of nitrogens with zero attached hydrogens (tertiary/aromatic N) is 1. The summed E-state index contributed by atoms with van der Waals surface area (Å²) in [5, 5.41) is 5.04. The standard InChI is InChI=1S/C65H47NO/c1-65(2)61-21-7-8-23-63(61)67-64-60(20-11-22-62(64)65)52-36-42-55(43-37-52)66(53-38-32-46(33-39-53)44-24-28-50(29-25-44)58-18-9-14-48-12-3-5-16-56(48)58)54-40-34-47(35-41-54)45-26-30-51(31-27-45)59-19-10-15-49-13-4-6-17-57(49)59/h3-43H,1-2H3. The Balaban J connectivity index is 0.878. The Morgan fingerprint density at radius 3 is 1.15 bits per heavy atom. The Hall–Kier alpha value is -8.46. The zero-order valence-electron chi connectivity index (χ0n) is 37.5. The van der Waals surface area contributed by atoms with E-state index < -0.39 is 0 Å². The molecular formula is C65H47NO. The minimum atomic E-state index is -0.188. The maximum Gasteiger partial charge on any atom is 0.139 e. The van der Waals surface area contributed by atoms with Crippen molar-refractivity contribution in [3.8, 4) is 67.1 Å². The first-order valence-corrected chi connectivity index (χ1v) is 23.2. The van der Waals surface area contributed by atoms with Crippen LogP contribution in [0, 0.1) is 0 Å². The zero-order chi connectivity index (χ0) is 44.9. The molecule has 12 rings (SSSR count). The van der Waals surface area contributed by atoms with Crippen LogP contribution in [-0.2, 0) is 5.41 Å². The average molecular weight is 858 g/mol. The van der Waals surface area contributed by atoms with Gasteiger partial charge in [-0.2, -0.15) is 0 Å². The van der Waals surface area contributed by atoms with Crippen molar-refractivity contribution in [2.24, 2.45) is 0 Å². The Morgan fingerprint density at radius 1 is 0.299 bits per heavy atom. The smallest absolute Gasteiger partial charge is 0.139 e. The lowest BCUT2D eigenvalue weighted by atomic mass is 9.75. The summed E-state index contributed by atoms with van der Waals surface area (Å²) in [5.74, 6) is 1.85. The molecule has 67 heavy (non-hydrogen) atoms. The quantitative estimate of drug-likeness (QED) is 0.151. The summed E-state index contributed by atoms with van der Waals surface area (Å²) in [7, 11) is 0. The fourth-order valence-corrected chi connectivity index (χ4v) is 10.2. The topological polar surface area (TPSA) is 12.5 Å². The van der Waals surface area contributed by atoms with Gasteiger partial charge in [-0.05, 0) is 114 Å². The molecule has 0 unspecified atom stereocenters. The fraction of sp³-hybridized carbons (Fsp3) is 0.0462. The molecule has 11 aromatic rings. The first-order valence-electron chi connectivity index (χ1n) is 23.2. The second-order valence-electron chi connectivity index (χ2n) is 18.1. The van der Waals surface area contributed by atoms with Gasteiger partial charge in [-0.15, -0.1) is 0 Å². The maximum atomic E-state index is 6.69. The first kappa shape index (κ1) is 40.1. The number of benzene rings is 11. The third kappa shape index (κ3) is 7.24. The van der Waals surface area contributed by atoms with Crippen molar-refractivity contribution in [3.63, 3.8) is 0 Å². The van der Waals surface area contributed by atoms with Crippen LogP contribution in [0.2, 0.25) is 0 Å². The highest BCUT2D eigenvalue weighted by Crippen LogP contribution is 2.51. The van der Waals surface area contributed by atoms with Crippen LogP contribution >= 0.6 is 0 Å². The molecule has 0 N–H and O–H groups in total. The van der Waals surface area contributed by atoms with E-state index in [0.29, 0.717) is 0 Å². The molecule has 318 valence electrons. The van der Waals surface area contributed by atoms with E-state index in [2.05, 4.69) is 267 Å². The molecule has 1 aliphatic rings. The molecule has 2 heteroatoms. The number of rotatable bonds is 8. The van der Waals surface area contributed by atoms with Crippen LogP contribution in [0.25, 0.3) is 77.2 Å². The lowest BCUT2D eigenvalue weighted by molar-refractivity contribution is 0.419. The van der Waals surface area contributed by atoms with Gasteiger partial charge >= 0.3 is 0 Å². The van der Waals surface area contributed by atoms with Gasteiger partial charge in [0.2, 0.25) is 0 Å². The summed E-state index contributed by atoms with van der Waals surface area (Å²) in [4.78, 5) is 2.35. The van der Waals surface area contributed by atoms with Crippen LogP contribution in [0.1, 0.15) is 25.0 Å². The van der Waals surface area contributed by atoms with Gasteiger partial charge in [0.05, 0.1) is 0 Å². The van der Waals surface area contributed by atoms with E-state index in [1.165, 1.54) is 77.2 Å². The molecule has 0 aliphatic carbocycles. The number of ether oxygens (including phenoxy) is 1. The summed E-state index contributed by atoms with van der Waals surface area (Å²) in [6.45, 7) is 4.58. The molecule has 0 saturated carbocycles. The second-order valence-corrected chi connectivity index (χ2v) is 18.1. The Morgan fingerprint density at radius 2 is 0.642 bits per heavy atom. The van der Waals surface area contributed by atoms with Crippen LogP contribution in [-0.4, -0.2) is 0 Å². The molecule has 0 saturated heterocycles. The number of anilines is 3. The van der Waals surface area contributed by atoms with Crippen LogP contribution in [0.3, 0.4) is 0 Å².